The van der Waals surface area contributed by atoms with Crippen molar-refractivity contribution in [1.29, 1.82) is 0 Å². The first-order valence-electron chi connectivity index (χ1n) is 5.68. The zero-order valence-electron chi connectivity index (χ0n) is 8.78. The molecule has 0 radical (unpaired) electrons. The van der Waals surface area contributed by atoms with E-state index in [4.69, 9.17) is 0 Å². The Morgan fingerprint density at radius 1 is 1.29 bits per heavy atom. The Morgan fingerprint density at radius 3 is 2.71 bits per heavy atom. The number of likely N-dealkylation sites (tertiary alicyclic amines) is 1. The molecule has 2 aliphatic rings. The Bertz CT molecular complexity index is 229. The number of carbonyl (C=O) groups is 1. The number of aliphatic hydroxyl groups is 1. The molecule has 1 unspecified atom stereocenters. The summed E-state index contributed by atoms with van der Waals surface area (Å²) in [6.45, 7) is 2.85. The SMILES string of the molecule is CC1CCCN([C@H]2CCC[C@@H]2O)C1=O. The van der Waals surface area contributed by atoms with E-state index >= 15 is 0 Å². The fraction of sp³-hybridized carbons (Fsp3) is 0.909. The van der Waals surface area contributed by atoms with E-state index in [9.17, 15) is 9.90 Å². The van der Waals surface area contributed by atoms with Crippen LogP contribution in [0.4, 0.5) is 0 Å². The number of rotatable bonds is 1. The van der Waals surface area contributed by atoms with Crippen LogP contribution >= 0.6 is 0 Å². The minimum absolute atomic E-state index is 0.116. The number of nitrogens with zero attached hydrogens (tertiary/aromatic N) is 1. The van der Waals surface area contributed by atoms with E-state index in [2.05, 4.69) is 0 Å². The number of hydrogen-bond acceptors (Lipinski definition) is 2. The first-order valence-corrected chi connectivity index (χ1v) is 5.68. The van der Waals surface area contributed by atoms with Crippen molar-refractivity contribution in [3.63, 3.8) is 0 Å². The van der Waals surface area contributed by atoms with Crippen molar-refractivity contribution < 1.29 is 9.90 Å². The third-order valence-electron chi connectivity index (χ3n) is 3.59. The van der Waals surface area contributed by atoms with Crippen LogP contribution in [0.3, 0.4) is 0 Å². The molecule has 1 aliphatic heterocycles. The van der Waals surface area contributed by atoms with Crippen LogP contribution in [-0.4, -0.2) is 34.6 Å². The fourth-order valence-electron chi connectivity index (χ4n) is 2.70. The van der Waals surface area contributed by atoms with Gasteiger partial charge in [-0.3, -0.25) is 4.79 Å². The average Bonchev–Trinajstić information content (AvgIpc) is 2.57. The van der Waals surface area contributed by atoms with Gasteiger partial charge in [-0.2, -0.15) is 0 Å². The monoisotopic (exact) mass is 197 g/mol. The van der Waals surface area contributed by atoms with Gasteiger partial charge >= 0.3 is 0 Å². The molecule has 80 valence electrons. The molecule has 1 heterocycles. The summed E-state index contributed by atoms with van der Waals surface area (Å²) in [6, 6.07) is 0.116. The topological polar surface area (TPSA) is 40.5 Å². The van der Waals surface area contributed by atoms with Crippen molar-refractivity contribution in [3.8, 4) is 0 Å². The molecule has 1 saturated heterocycles. The van der Waals surface area contributed by atoms with Gasteiger partial charge in [-0.1, -0.05) is 6.92 Å². The van der Waals surface area contributed by atoms with E-state index in [0.29, 0.717) is 0 Å². The van der Waals surface area contributed by atoms with Crippen LogP contribution in [0.2, 0.25) is 0 Å². The predicted octanol–water partition coefficient (Wildman–Crippen LogP) is 1.16. The smallest absolute Gasteiger partial charge is 0.225 e. The van der Waals surface area contributed by atoms with E-state index in [0.717, 1.165) is 38.6 Å². The van der Waals surface area contributed by atoms with Gasteiger partial charge in [0.2, 0.25) is 5.91 Å². The lowest BCUT2D eigenvalue weighted by Gasteiger charge is -2.36. The lowest BCUT2D eigenvalue weighted by molar-refractivity contribution is -0.142. The Kier molecular flexibility index (Phi) is 2.77. The molecule has 0 spiro atoms. The first-order chi connectivity index (χ1) is 6.70. The summed E-state index contributed by atoms with van der Waals surface area (Å²) < 4.78 is 0. The van der Waals surface area contributed by atoms with E-state index in [-0.39, 0.29) is 24.0 Å². The number of amides is 1. The highest BCUT2D eigenvalue weighted by Crippen LogP contribution is 2.28. The van der Waals surface area contributed by atoms with Gasteiger partial charge in [-0.05, 0) is 32.1 Å². The zero-order chi connectivity index (χ0) is 10.1. The summed E-state index contributed by atoms with van der Waals surface area (Å²) >= 11 is 0. The fourth-order valence-corrected chi connectivity index (χ4v) is 2.70. The molecule has 0 aromatic rings. The Morgan fingerprint density at radius 2 is 2.07 bits per heavy atom. The van der Waals surface area contributed by atoms with Crippen molar-refractivity contribution in [2.75, 3.05) is 6.54 Å². The lowest BCUT2D eigenvalue weighted by Crippen LogP contribution is -2.49. The summed E-state index contributed by atoms with van der Waals surface area (Å²) in [5, 5.41) is 9.75. The summed E-state index contributed by atoms with van der Waals surface area (Å²) in [5.74, 6) is 0.416. The molecule has 1 saturated carbocycles. The van der Waals surface area contributed by atoms with E-state index < -0.39 is 0 Å². The predicted molar refractivity (Wildman–Crippen MR) is 53.8 cm³/mol. The van der Waals surface area contributed by atoms with Crippen LogP contribution in [0, 0.1) is 5.92 Å². The van der Waals surface area contributed by atoms with Crippen molar-refractivity contribution in [2.45, 2.75) is 51.2 Å². The van der Waals surface area contributed by atoms with Crippen LogP contribution < -0.4 is 0 Å². The maximum Gasteiger partial charge on any atom is 0.225 e. The molecule has 1 aliphatic carbocycles. The molecule has 1 N–H and O–H groups in total. The average molecular weight is 197 g/mol. The molecular formula is C11H19NO2. The summed E-state index contributed by atoms with van der Waals surface area (Å²) in [5.41, 5.74) is 0. The van der Waals surface area contributed by atoms with Crippen LogP contribution in [0.25, 0.3) is 0 Å². The number of carbonyl (C=O) groups excluding carboxylic acids is 1. The highest BCUT2D eigenvalue weighted by Gasteiger charge is 2.36. The highest BCUT2D eigenvalue weighted by atomic mass is 16.3. The first kappa shape index (κ1) is 9.97. The third kappa shape index (κ3) is 1.65. The van der Waals surface area contributed by atoms with Gasteiger partial charge in [0.25, 0.3) is 0 Å². The summed E-state index contributed by atoms with van der Waals surface area (Å²) in [7, 11) is 0. The Hall–Kier alpha value is -0.570. The highest BCUT2D eigenvalue weighted by molar-refractivity contribution is 5.79. The maximum absolute atomic E-state index is 11.9. The maximum atomic E-state index is 11.9. The van der Waals surface area contributed by atoms with E-state index in [1.54, 1.807) is 0 Å². The lowest BCUT2D eigenvalue weighted by atomic mass is 9.97. The third-order valence-corrected chi connectivity index (χ3v) is 3.59. The van der Waals surface area contributed by atoms with E-state index in [1.165, 1.54) is 0 Å². The van der Waals surface area contributed by atoms with E-state index in [1.807, 2.05) is 11.8 Å². The molecule has 0 aromatic heterocycles. The zero-order valence-corrected chi connectivity index (χ0v) is 8.78. The number of hydrogen-bond donors (Lipinski definition) is 1. The summed E-state index contributed by atoms with van der Waals surface area (Å²) in [4.78, 5) is 13.8. The Labute approximate surface area is 85.1 Å². The minimum Gasteiger partial charge on any atom is -0.391 e. The number of piperidine rings is 1. The molecule has 2 rings (SSSR count). The van der Waals surface area contributed by atoms with Crippen molar-refractivity contribution in [1.82, 2.24) is 4.90 Å². The summed E-state index contributed by atoms with van der Waals surface area (Å²) in [6.07, 6.45) is 4.74. The van der Waals surface area contributed by atoms with Gasteiger partial charge in [-0.25, -0.2) is 0 Å². The van der Waals surface area contributed by atoms with Gasteiger partial charge in [0.15, 0.2) is 0 Å². The van der Waals surface area contributed by atoms with Crippen LogP contribution in [0.5, 0.6) is 0 Å². The van der Waals surface area contributed by atoms with Gasteiger partial charge in [0, 0.05) is 12.5 Å². The second kappa shape index (κ2) is 3.89. The second-order valence-electron chi connectivity index (χ2n) is 4.64. The normalized spacial score (nSPS) is 39.1. The molecule has 0 bridgehead atoms. The molecule has 2 fully saturated rings. The van der Waals surface area contributed by atoms with Crippen LogP contribution in [0.15, 0.2) is 0 Å². The minimum atomic E-state index is -0.274. The molecule has 0 aromatic carbocycles. The van der Waals surface area contributed by atoms with Crippen LogP contribution in [-0.2, 0) is 4.79 Å². The van der Waals surface area contributed by atoms with Gasteiger partial charge < -0.3 is 10.0 Å². The Balaban J connectivity index is 2.05. The number of aliphatic hydroxyl groups excluding tert-OH is 1. The molecule has 3 atom stereocenters. The second-order valence-corrected chi connectivity index (χ2v) is 4.64. The molecule has 14 heavy (non-hydrogen) atoms. The van der Waals surface area contributed by atoms with Gasteiger partial charge in [-0.15, -0.1) is 0 Å². The standard InChI is InChI=1S/C11H19NO2/c1-8-4-3-7-12(11(8)14)9-5-2-6-10(9)13/h8-10,13H,2-7H2,1H3/t8?,9-,10-/m0/s1. The van der Waals surface area contributed by atoms with Crippen LogP contribution in [0.1, 0.15) is 39.0 Å². The van der Waals surface area contributed by atoms with Crippen molar-refractivity contribution in [2.24, 2.45) is 5.92 Å². The largest absolute Gasteiger partial charge is 0.391 e. The molecule has 3 heteroatoms. The molecular weight excluding hydrogens is 178 g/mol. The van der Waals surface area contributed by atoms with Crippen molar-refractivity contribution in [3.05, 3.63) is 0 Å². The van der Waals surface area contributed by atoms with Crippen molar-refractivity contribution >= 4 is 5.91 Å². The quantitative estimate of drug-likeness (QED) is 0.685. The van der Waals surface area contributed by atoms with Gasteiger partial charge in [0.05, 0.1) is 12.1 Å². The van der Waals surface area contributed by atoms with Gasteiger partial charge in [0.1, 0.15) is 0 Å². The molecule has 3 nitrogen and oxygen atoms in total. The molecule has 1 amide bonds.